The third kappa shape index (κ3) is 1.67. The summed E-state index contributed by atoms with van der Waals surface area (Å²) < 4.78 is 2.18. The number of imidazole rings is 1. The number of nitrogens with zero attached hydrogens (tertiary/aromatic N) is 2. The van der Waals surface area contributed by atoms with Crippen molar-refractivity contribution in [2.45, 2.75) is 33.2 Å². The maximum absolute atomic E-state index is 5.49. The van der Waals surface area contributed by atoms with Gasteiger partial charge in [-0.05, 0) is 33.7 Å². The fourth-order valence-electron chi connectivity index (χ4n) is 1.34. The Labute approximate surface area is 73.6 Å². The number of hydrogen-bond acceptors (Lipinski definition) is 2. The SMILES string of the molecule is Cc1ncn(C(C)CCN)c1C. The van der Waals surface area contributed by atoms with Crippen LogP contribution in [0.15, 0.2) is 6.33 Å². The molecule has 0 bridgehead atoms. The Bertz CT molecular complexity index is 252. The summed E-state index contributed by atoms with van der Waals surface area (Å²) in [5.41, 5.74) is 7.85. The number of aryl methyl sites for hydroxylation is 1. The first kappa shape index (κ1) is 9.26. The van der Waals surface area contributed by atoms with E-state index in [4.69, 9.17) is 5.73 Å². The maximum atomic E-state index is 5.49. The molecule has 0 spiro atoms. The normalized spacial score (nSPS) is 13.3. The number of rotatable bonds is 3. The van der Waals surface area contributed by atoms with Gasteiger partial charge in [-0.25, -0.2) is 4.98 Å². The van der Waals surface area contributed by atoms with Gasteiger partial charge in [-0.1, -0.05) is 0 Å². The molecule has 1 aromatic rings. The van der Waals surface area contributed by atoms with E-state index in [1.54, 1.807) is 0 Å². The van der Waals surface area contributed by atoms with Gasteiger partial charge in [-0.15, -0.1) is 0 Å². The van der Waals surface area contributed by atoms with Gasteiger partial charge in [0.1, 0.15) is 0 Å². The van der Waals surface area contributed by atoms with Crippen LogP contribution in [0.5, 0.6) is 0 Å². The van der Waals surface area contributed by atoms with E-state index in [2.05, 4.69) is 23.4 Å². The average molecular weight is 167 g/mol. The van der Waals surface area contributed by atoms with Crippen molar-refractivity contribution >= 4 is 0 Å². The second-order valence-electron chi connectivity index (χ2n) is 3.25. The van der Waals surface area contributed by atoms with Gasteiger partial charge in [0, 0.05) is 11.7 Å². The molecule has 3 nitrogen and oxygen atoms in total. The van der Waals surface area contributed by atoms with Crippen LogP contribution in [0.25, 0.3) is 0 Å². The highest BCUT2D eigenvalue weighted by Crippen LogP contribution is 2.14. The largest absolute Gasteiger partial charge is 0.332 e. The lowest BCUT2D eigenvalue weighted by Gasteiger charge is -2.13. The van der Waals surface area contributed by atoms with Crippen molar-refractivity contribution in [1.29, 1.82) is 0 Å². The van der Waals surface area contributed by atoms with Crippen LogP contribution < -0.4 is 5.73 Å². The molecule has 0 radical (unpaired) electrons. The summed E-state index contributed by atoms with van der Waals surface area (Å²) >= 11 is 0. The first-order valence-corrected chi connectivity index (χ1v) is 4.37. The molecule has 0 saturated heterocycles. The van der Waals surface area contributed by atoms with E-state index in [1.165, 1.54) is 5.69 Å². The second-order valence-corrected chi connectivity index (χ2v) is 3.25. The Morgan fingerprint density at radius 2 is 2.25 bits per heavy atom. The summed E-state index contributed by atoms with van der Waals surface area (Å²) in [7, 11) is 0. The molecular formula is C9H17N3. The van der Waals surface area contributed by atoms with E-state index < -0.39 is 0 Å². The molecule has 0 aliphatic carbocycles. The molecule has 0 fully saturated rings. The molecule has 68 valence electrons. The Morgan fingerprint density at radius 1 is 1.58 bits per heavy atom. The maximum Gasteiger partial charge on any atom is 0.0953 e. The highest BCUT2D eigenvalue weighted by Gasteiger charge is 2.07. The summed E-state index contributed by atoms with van der Waals surface area (Å²) in [5.74, 6) is 0. The van der Waals surface area contributed by atoms with Crippen molar-refractivity contribution in [2.24, 2.45) is 5.73 Å². The molecular weight excluding hydrogens is 150 g/mol. The molecule has 1 unspecified atom stereocenters. The van der Waals surface area contributed by atoms with Crippen molar-refractivity contribution in [3.05, 3.63) is 17.7 Å². The third-order valence-corrected chi connectivity index (χ3v) is 2.35. The zero-order valence-electron chi connectivity index (χ0n) is 8.04. The smallest absolute Gasteiger partial charge is 0.0953 e. The van der Waals surface area contributed by atoms with Gasteiger partial charge in [0.2, 0.25) is 0 Å². The Hall–Kier alpha value is -0.830. The van der Waals surface area contributed by atoms with Gasteiger partial charge < -0.3 is 10.3 Å². The lowest BCUT2D eigenvalue weighted by atomic mass is 10.2. The standard InChI is InChI=1S/C9H17N3/c1-7(4-5-10)12-6-11-8(2)9(12)3/h6-7H,4-5,10H2,1-3H3. The number of hydrogen-bond donors (Lipinski definition) is 1. The molecule has 1 rings (SSSR count). The topological polar surface area (TPSA) is 43.8 Å². The lowest BCUT2D eigenvalue weighted by Crippen LogP contribution is -2.11. The molecule has 1 atom stereocenters. The van der Waals surface area contributed by atoms with Gasteiger partial charge in [0.05, 0.1) is 12.0 Å². The third-order valence-electron chi connectivity index (χ3n) is 2.35. The van der Waals surface area contributed by atoms with E-state index in [0.29, 0.717) is 6.04 Å². The molecule has 12 heavy (non-hydrogen) atoms. The number of aromatic nitrogens is 2. The Morgan fingerprint density at radius 3 is 2.67 bits per heavy atom. The molecule has 0 amide bonds. The van der Waals surface area contributed by atoms with Gasteiger partial charge in [-0.2, -0.15) is 0 Å². The van der Waals surface area contributed by atoms with Gasteiger partial charge in [0.25, 0.3) is 0 Å². The van der Waals surface area contributed by atoms with E-state index in [9.17, 15) is 0 Å². The lowest BCUT2D eigenvalue weighted by molar-refractivity contribution is 0.503. The summed E-state index contributed by atoms with van der Waals surface area (Å²) in [6.07, 6.45) is 2.90. The zero-order valence-corrected chi connectivity index (χ0v) is 8.04. The fourth-order valence-corrected chi connectivity index (χ4v) is 1.34. The molecule has 0 aliphatic rings. The molecule has 0 aliphatic heterocycles. The van der Waals surface area contributed by atoms with E-state index in [-0.39, 0.29) is 0 Å². The van der Waals surface area contributed by atoms with E-state index in [0.717, 1.165) is 18.7 Å². The van der Waals surface area contributed by atoms with Crippen LogP contribution in [-0.4, -0.2) is 16.1 Å². The van der Waals surface area contributed by atoms with Crippen LogP contribution in [0.2, 0.25) is 0 Å². The monoisotopic (exact) mass is 167 g/mol. The fraction of sp³-hybridized carbons (Fsp3) is 0.667. The van der Waals surface area contributed by atoms with Crippen LogP contribution in [0.1, 0.15) is 30.8 Å². The second kappa shape index (κ2) is 3.72. The van der Waals surface area contributed by atoms with Crippen molar-refractivity contribution in [3.63, 3.8) is 0 Å². The summed E-state index contributed by atoms with van der Waals surface area (Å²) in [5, 5.41) is 0. The molecule has 0 saturated carbocycles. The van der Waals surface area contributed by atoms with Crippen LogP contribution in [0, 0.1) is 13.8 Å². The van der Waals surface area contributed by atoms with Crippen LogP contribution in [-0.2, 0) is 0 Å². The van der Waals surface area contributed by atoms with Crippen LogP contribution in [0.3, 0.4) is 0 Å². The predicted octanol–water partition coefficient (Wildman–Crippen LogP) is 1.41. The van der Waals surface area contributed by atoms with Crippen molar-refractivity contribution in [2.75, 3.05) is 6.54 Å². The number of nitrogens with two attached hydrogens (primary N) is 1. The van der Waals surface area contributed by atoms with Gasteiger partial charge in [0.15, 0.2) is 0 Å². The first-order chi connectivity index (χ1) is 5.66. The van der Waals surface area contributed by atoms with Crippen molar-refractivity contribution < 1.29 is 0 Å². The molecule has 1 aromatic heterocycles. The van der Waals surface area contributed by atoms with Gasteiger partial charge >= 0.3 is 0 Å². The quantitative estimate of drug-likeness (QED) is 0.739. The first-order valence-electron chi connectivity index (χ1n) is 4.37. The summed E-state index contributed by atoms with van der Waals surface area (Å²) in [6.45, 7) is 7.02. The molecule has 3 heteroatoms. The molecule has 1 heterocycles. The van der Waals surface area contributed by atoms with Crippen molar-refractivity contribution in [1.82, 2.24) is 9.55 Å². The minimum absolute atomic E-state index is 0.469. The van der Waals surface area contributed by atoms with Crippen molar-refractivity contribution in [3.8, 4) is 0 Å². The molecule has 0 aromatic carbocycles. The van der Waals surface area contributed by atoms with Crippen LogP contribution >= 0.6 is 0 Å². The Balaban J connectivity index is 2.80. The van der Waals surface area contributed by atoms with Gasteiger partial charge in [-0.3, -0.25) is 0 Å². The average Bonchev–Trinajstić information content (AvgIpc) is 2.34. The summed E-state index contributed by atoms with van der Waals surface area (Å²) in [6, 6.07) is 0.469. The summed E-state index contributed by atoms with van der Waals surface area (Å²) in [4.78, 5) is 4.24. The minimum atomic E-state index is 0.469. The highest BCUT2D eigenvalue weighted by atomic mass is 15.1. The van der Waals surface area contributed by atoms with E-state index in [1.807, 2.05) is 13.3 Å². The van der Waals surface area contributed by atoms with Crippen LogP contribution in [0.4, 0.5) is 0 Å². The highest BCUT2D eigenvalue weighted by molar-refractivity contribution is 5.09. The predicted molar refractivity (Wildman–Crippen MR) is 50.1 cm³/mol. The van der Waals surface area contributed by atoms with E-state index >= 15 is 0 Å². The zero-order chi connectivity index (χ0) is 9.14. The Kier molecular flexibility index (Phi) is 2.87. The minimum Gasteiger partial charge on any atom is -0.332 e. The molecule has 2 N–H and O–H groups in total.